The highest BCUT2D eigenvalue weighted by atomic mass is 16.7. The molecule has 0 aromatic carbocycles. The van der Waals surface area contributed by atoms with Gasteiger partial charge in [0.1, 0.15) is 0 Å². The summed E-state index contributed by atoms with van der Waals surface area (Å²) in [7, 11) is 0. The minimum atomic E-state index is -0.833. The highest BCUT2D eigenvalue weighted by molar-refractivity contribution is 5.79. The summed E-state index contributed by atoms with van der Waals surface area (Å²) < 4.78 is 11.0. The third kappa shape index (κ3) is 21.0. The van der Waals surface area contributed by atoms with Gasteiger partial charge in [-0.3, -0.25) is 9.59 Å². The lowest BCUT2D eigenvalue weighted by Crippen LogP contribution is -2.15. The fraction of sp³-hybridized carbons (Fsp3) is 0.816. The highest BCUT2D eigenvalue weighted by Gasteiger charge is 2.31. The van der Waals surface area contributed by atoms with E-state index < -0.39 is 41.2 Å². The molecule has 0 unspecified atom stereocenters. The number of ether oxygens (including phenoxy) is 2. The molecule has 0 bridgehead atoms. The van der Waals surface area contributed by atoms with Crippen LogP contribution in [-0.4, -0.2) is 32.9 Å². The van der Waals surface area contributed by atoms with Crippen LogP contribution in [-0.2, 0) is 14.4 Å². The first-order valence-electron chi connectivity index (χ1n) is 19.1. The van der Waals surface area contributed by atoms with Crippen LogP contribution in [0, 0.1) is 0 Å². The molecular formula is C38H67NO8. The molecule has 0 spiro atoms. The molecule has 1 aromatic rings. The Balaban J connectivity index is 2.37. The van der Waals surface area contributed by atoms with Crippen LogP contribution in [0.25, 0.3) is 0 Å². The van der Waals surface area contributed by atoms with Crippen molar-refractivity contribution in [1.82, 2.24) is 4.73 Å². The predicted molar refractivity (Wildman–Crippen MR) is 187 cm³/mol. The van der Waals surface area contributed by atoms with E-state index in [1.807, 2.05) is 0 Å². The van der Waals surface area contributed by atoms with Gasteiger partial charge in [0.05, 0.1) is 0 Å². The van der Waals surface area contributed by atoms with Crippen molar-refractivity contribution in [2.75, 3.05) is 0 Å². The zero-order valence-electron chi connectivity index (χ0n) is 30.1. The molecule has 0 saturated carbocycles. The van der Waals surface area contributed by atoms with E-state index in [1.165, 1.54) is 116 Å². The summed E-state index contributed by atoms with van der Waals surface area (Å²) in [6, 6.07) is 0. The van der Waals surface area contributed by atoms with Crippen LogP contribution in [0.4, 0.5) is 0 Å². The summed E-state index contributed by atoms with van der Waals surface area (Å²) in [6.45, 7) is 5.56. The quantitative estimate of drug-likeness (QED) is 0.0593. The van der Waals surface area contributed by atoms with Gasteiger partial charge in [0, 0.05) is 19.8 Å². The van der Waals surface area contributed by atoms with Crippen LogP contribution in [0.2, 0.25) is 0 Å². The number of carbonyl (C=O) groups excluding carboxylic acids is 3. The zero-order chi connectivity index (χ0) is 34.5. The fourth-order valence-electron chi connectivity index (χ4n) is 5.79. The second kappa shape index (κ2) is 28.3. The minimum Gasteiger partial charge on any atom is -0.490 e. The van der Waals surface area contributed by atoms with Crippen molar-refractivity contribution >= 4 is 17.9 Å². The van der Waals surface area contributed by atoms with E-state index in [2.05, 4.69) is 13.8 Å². The van der Waals surface area contributed by atoms with Crippen molar-refractivity contribution in [2.24, 2.45) is 0 Å². The summed E-state index contributed by atoms with van der Waals surface area (Å²) in [4.78, 5) is 41.5. The average molecular weight is 666 g/mol. The van der Waals surface area contributed by atoms with Crippen molar-refractivity contribution in [1.29, 1.82) is 0 Å². The number of rotatable bonds is 31. The van der Waals surface area contributed by atoms with Crippen molar-refractivity contribution in [3.05, 3.63) is 0 Å². The third-order valence-electron chi connectivity index (χ3n) is 8.62. The Morgan fingerprint density at radius 3 is 0.979 bits per heavy atom. The second-order valence-corrected chi connectivity index (χ2v) is 13.1. The highest BCUT2D eigenvalue weighted by Crippen LogP contribution is 2.47. The number of aromatic hydroxyl groups is 2. The van der Waals surface area contributed by atoms with Gasteiger partial charge in [-0.05, 0) is 12.8 Å². The SMILES string of the molecule is CCCCCCCCCCCCCCCC(=O)Oc1c(OC(=O)CCCCCCCCCCCCCCC)c(O)n(OC(C)=O)c1O. The van der Waals surface area contributed by atoms with Crippen molar-refractivity contribution in [2.45, 2.75) is 201 Å². The van der Waals surface area contributed by atoms with Crippen LogP contribution in [0.15, 0.2) is 0 Å². The predicted octanol–water partition coefficient (Wildman–Crippen LogP) is 10.6. The monoisotopic (exact) mass is 665 g/mol. The maximum Gasteiger partial charge on any atom is 0.330 e. The summed E-state index contributed by atoms with van der Waals surface area (Å²) in [5, 5.41) is 21.1. The molecule has 0 aliphatic heterocycles. The molecule has 2 N–H and O–H groups in total. The number of nitrogens with zero attached hydrogens (tertiary/aromatic N) is 1. The number of hydrogen-bond donors (Lipinski definition) is 2. The molecule has 1 aromatic heterocycles. The first-order chi connectivity index (χ1) is 22.8. The van der Waals surface area contributed by atoms with Gasteiger partial charge in [-0.2, -0.15) is 0 Å². The first kappa shape index (κ1) is 42.3. The third-order valence-corrected chi connectivity index (χ3v) is 8.62. The summed E-state index contributed by atoms with van der Waals surface area (Å²) >= 11 is 0. The van der Waals surface area contributed by atoms with Crippen LogP contribution in [0.5, 0.6) is 23.3 Å². The maximum absolute atomic E-state index is 12.6. The van der Waals surface area contributed by atoms with E-state index in [0.29, 0.717) is 17.6 Å². The number of aromatic nitrogens is 1. The molecule has 272 valence electrons. The second-order valence-electron chi connectivity index (χ2n) is 13.1. The number of unbranched alkanes of at least 4 members (excludes halogenated alkanes) is 24. The molecule has 1 heterocycles. The van der Waals surface area contributed by atoms with Gasteiger partial charge < -0.3 is 24.5 Å². The van der Waals surface area contributed by atoms with Gasteiger partial charge in [0.2, 0.25) is 11.5 Å². The Labute approximate surface area is 285 Å². The van der Waals surface area contributed by atoms with E-state index in [1.54, 1.807) is 0 Å². The summed E-state index contributed by atoms with van der Waals surface area (Å²) in [6.07, 6.45) is 30.9. The van der Waals surface area contributed by atoms with E-state index in [-0.39, 0.29) is 12.8 Å². The Morgan fingerprint density at radius 1 is 0.468 bits per heavy atom. The standard InChI is InChI=1S/C38H67NO8/c1-4-6-8-10-12-14-16-18-20-22-24-26-28-30-33(41)45-35-36(38(44)39(37(35)43)47-32(3)40)46-34(42)31-29-27-25-23-21-19-17-15-13-11-9-7-5-2/h43-44H,4-31H2,1-3H3. The van der Waals surface area contributed by atoms with Gasteiger partial charge >= 0.3 is 17.9 Å². The van der Waals surface area contributed by atoms with Crippen LogP contribution < -0.4 is 14.3 Å². The number of esters is 2. The molecule has 1 rings (SSSR count). The molecule has 47 heavy (non-hydrogen) atoms. The normalized spacial score (nSPS) is 11.1. The summed E-state index contributed by atoms with van der Waals surface area (Å²) in [5.74, 6) is -4.86. The molecular weight excluding hydrogens is 598 g/mol. The molecule has 0 aliphatic rings. The Kier molecular flexibility index (Phi) is 25.5. The summed E-state index contributed by atoms with van der Waals surface area (Å²) in [5.41, 5.74) is 0. The van der Waals surface area contributed by atoms with Gasteiger partial charge in [0.15, 0.2) is 0 Å². The molecule has 9 heteroatoms. The Morgan fingerprint density at radius 2 is 0.723 bits per heavy atom. The van der Waals surface area contributed by atoms with Crippen molar-refractivity contribution in [3.63, 3.8) is 0 Å². The average Bonchev–Trinajstić information content (AvgIpc) is 3.24. The molecule has 0 fully saturated rings. The van der Waals surface area contributed by atoms with E-state index in [0.717, 1.165) is 45.4 Å². The lowest BCUT2D eigenvalue weighted by Gasteiger charge is -2.07. The van der Waals surface area contributed by atoms with E-state index in [9.17, 15) is 24.6 Å². The van der Waals surface area contributed by atoms with Crippen LogP contribution >= 0.6 is 0 Å². The van der Waals surface area contributed by atoms with E-state index in [4.69, 9.17) is 14.3 Å². The van der Waals surface area contributed by atoms with Crippen LogP contribution in [0.3, 0.4) is 0 Å². The van der Waals surface area contributed by atoms with Gasteiger partial charge in [-0.1, -0.05) is 173 Å². The maximum atomic E-state index is 12.6. The molecule has 0 amide bonds. The lowest BCUT2D eigenvalue weighted by atomic mass is 10.0. The molecule has 0 radical (unpaired) electrons. The molecule has 0 aliphatic carbocycles. The smallest absolute Gasteiger partial charge is 0.330 e. The molecule has 0 atom stereocenters. The minimum absolute atomic E-state index is 0.100. The van der Waals surface area contributed by atoms with Crippen molar-refractivity contribution < 1.29 is 38.9 Å². The van der Waals surface area contributed by atoms with Gasteiger partial charge in [-0.15, -0.1) is 0 Å². The van der Waals surface area contributed by atoms with Gasteiger partial charge in [0.25, 0.3) is 11.8 Å². The lowest BCUT2D eigenvalue weighted by molar-refractivity contribution is -0.142. The molecule has 9 nitrogen and oxygen atoms in total. The Bertz CT molecular complexity index is 906. The van der Waals surface area contributed by atoms with Crippen LogP contribution in [0.1, 0.15) is 201 Å². The first-order valence-corrected chi connectivity index (χ1v) is 19.1. The number of hydrogen-bond acceptors (Lipinski definition) is 8. The van der Waals surface area contributed by atoms with Crippen molar-refractivity contribution in [3.8, 4) is 23.3 Å². The number of carbonyl (C=O) groups is 3. The zero-order valence-corrected chi connectivity index (χ0v) is 30.1. The topological polar surface area (TPSA) is 124 Å². The largest absolute Gasteiger partial charge is 0.490 e. The van der Waals surface area contributed by atoms with Gasteiger partial charge in [-0.25, -0.2) is 4.79 Å². The fourth-order valence-corrected chi connectivity index (χ4v) is 5.79. The Hall–Kier alpha value is -2.71. The van der Waals surface area contributed by atoms with E-state index >= 15 is 0 Å². The molecule has 0 saturated heterocycles.